The molecule has 20 heavy (non-hydrogen) atoms. The van der Waals surface area contributed by atoms with Gasteiger partial charge in [-0.1, -0.05) is 11.3 Å². The van der Waals surface area contributed by atoms with Gasteiger partial charge < -0.3 is 10.4 Å². The third kappa shape index (κ3) is 4.14. The van der Waals surface area contributed by atoms with E-state index in [0.717, 1.165) is 10.6 Å². The molecule has 1 unspecified atom stereocenters. The van der Waals surface area contributed by atoms with Gasteiger partial charge in [-0.3, -0.25) is 4.79 Å². The molecule has 2 aromatic rings. The highest BCUT2D eigenvalue weighted by Gasteiger charge is 2.11. The van der Waals surface area contributed by atoms with Crippen molar-refractivity contribution in [2.45, 2.75) is 32.4 Å². The Morgan fingerprint density at radius 3 is 3.15 bits per heavy atom. The van der Waals surface area contributed by atoms with Crippen LogP contribution in [0.15, 0.2) is 23.7 Å². The Labute approximate surface area is 121 Å². The number of thiophene rings is 1. The fourth-order valence-electron chi connectivity index (χ4n) is 1.83. The molecule has 2 rings (SSSR count). The van der Waals surface area contributed by atoms with E-state index >= 15 is 0 Å². The lowest BCUT2D eigenvalue weighted by Crippen LogP contribution is -2.29. The maximum atomic E-state index is 11.9. The second-order valence-electron chi connectivity index (χ2n) is 4.54. The van der Waals surface area contributed by atoms with Crippen molar-refractivity contribution < 1.29 is 9.90 Å². The van der Waals surface area contributed by atoms with E-state index in [4.69, 9.17) is 5.11 Å². The van der Waals surface area contributed by atoms with Crippen molar-refractivity contribution in [3.05, 3.63) is 34.3 Å². The molecule has 2 N–H and O–H groups in total. The second-order valence-corrected chi connectivity index (χ2v) is 5.52. The number of aromatic nitrogens is 3. The van der Waals surface area contributed by atoms with Gasteiger partial charge in [0.05, 0.1) is 11.7 Å². The van der Waals surface area contributed by atoms with E-state index in [1.807, 2.05) is 24.4 Å². The number of carbonyl (C=O) groups is 1. The van der Waals surface area contributed by atoms with Crippen LogP contribution in [0.2, 0.25) is 0 Å². The molecule has 0 radical (unpaired) electrons. The van der Waals surface area contributed by atoms with Crippen LogP contribution < -0.4 is 5.32 Å². The summed E-state index contributed by atoms with van der Waals surface area (Å²) in [4.78, 5) is 13.0. The molecule has 0 saturated carbocycles. The number of aliphatic hydroxyl groups excluding tert-OH is 1. The zero-order chi connectivity index (χ0) is 14.4. The average Bonchev–Trinajstić information content (AvgIpc) is 3.07. The van der Waals surface area contributed by atoms with E-state index in [-0.39, 0.29) is 25.1 Å². The minimum Gasteiger partial charge on any atom is -0.396 e. The van der Waals surface area contributed by atoms with Crippen LogP contribution in [0.5, 0.6) is 0 Å². The van der Waals surface area contributed by atoms with Gasteiger partial charge in [0, 0.05) is 17.7 Å². The monoisotopic (exact) mass is 294 g/mol. The third-order valence-corrected chi connectivity index (χ3v) is 3.89. The standard InChI is InChI=1S/C13H18N4O2S/c1-10(12-5-3-7-20-12)14-13(19)9-17-8-11(15-16-17)4-2-6-18/h3,5,7-8,10,18H,2,4,6,9H2,1H3,(H,14,19). The molecular weight excluding hydrogens is 276 g/mol. The molecule has 0 bridgehead atoms. The van der Waals surface area contributed by atoms with Gasteiger partial charge in [-0.05, 0) is 31.2 Å². The lowest BCUT2D eigenvalue weighted by molar-refractivity contribution is -0.122. The Bertz CT molecular complexity index is 538. The lowest BCUT2D eigenvalue weighted by Gasteiger charge is -2.11. The van der Waals surface area contributed by atoms with Gasteiger partial charge >= 0.3 is 0 Å². The average molecular weight is 294 g/mol. The van der Waals surface area contributed by atoms with Crippen LogP contribution in [-0.4, -0.2) is 32.6 Å². The summed E-state index contributed by atoms with van der Waals surface area (Å²) in [7, 11) is 0. The molecule has 0 aromatic carbocycles. The van der Waals surface area contributed by atoms with E-state index in [1.54, 1.807) is 17.5 Å². The van der Waals surface area contributed by atoms with E-state index in [9.17, 15) is 4.79 Å². The fourth-order valence-corrected chi connectivity index (χ4v) is 2.57. The third-order valence-electron chi connectivity index (χ3n) is 2.83. The number of nitrogens with zero attached hydrogens (tertiary/aromatic N) is 3. The first-order valence-corrected chi connectivity index (χ1v) is 7.39. The van der Waals surface area contributed by atoms with Crippen LogP contribution in [0.4, 0.5) is 0 Å². The highest BCUT2D eigenvalue weighted by Crippen LogP contribution is 2.17. The van der Waals surface area contributed by atoms with Gasteiger partial charge in [-0.25, -0.2) is 4.68 Å². The van der Waals surface area contributed by atoms with Gasteiger partial charge in [0.25, 0.3) is 0 Å². The zero-order valence-electron chi connectivity index (χ0n) is 11.3. The van der Waals surface area contributed by atoms with Crippen LogP contribution in [0.25, 0.3) is 0 Å². The summed E-state index contributed by atoms with van der Waals surface area (Å²) in [6, 6.07) is 3.96. The lowest BCUT2D eigenvalue weighted by atomic mass is 10.2. The number of aryl methyl sites for hydroxylation is 1. The summed E-state index contributed by atoms with van der Waals surface area (Å²) >= 11 is 1.62. The van der Waals surface area contributed by atoms with Crippen LogP contribution >= 0.6 is 11.3 Å². The Kier molecular flexibility index (Phi) is 5.25. The van der Waals surface area contributed by atoms with Crippen LogP contribution in [0.3, 0.4) is 0 Å². The summed E-state index contributed by atoms with van der Waals surface area (Å²) in [5, 5.41) is 21.5. The molecule has 0 spiro atoms. The van der Waals surface area contributed by atoms with Crippen molar-refractivity contribution in [2.24, 2.45) is 0 Å². The quantitative estimate of drug-likeness (QED) is 0.802. The molecular formula is C13H18N4O2S. The van der Waals surface area contributed by atoms with Crippen molar-refractivity contribution in [2.75, 3.05) is 6.61 Å². The highest BCUT2D eigenvalue weighted by atomic mass is 32.1. The first kappa shape index (κ1) is 14.7. The van der Waals surface area contributed by atoms with Gasteiger partial charge in [-0.2, -0.15) is 0 Å². The Morgan fingerprint density at radius 2 is 2.45 bits per heavy atom. The number of aliphatic hydroxyl groups is 1. The van der Waals surface area contributed by atoms with Gasteiger partial charge in [0.2, 0.25) is 5.91 Å². The topological polar surface area (TPSA) is 80.0 Å². The molecule has 7 heteroatoms. The molecule has 2 heterocycles. The predicted molar refractivity (Wildman–Crippen MR) is 76.3 cm³/mol. The zero-order valence-corrected chi connectivity index (χ0v) is 12.1. The smallest absolute Gasteiger partial charge is 0.242 e. The van der Waals surface area contributed by atoms with Gasteiger partial charge in [-0.15, -0.1) is 16.4 Å². The summed E-state index contributed by atoms with van der Waals surface area (Å²) in [5.74, 6) is -0.0930. The number of rotatable bonds is 7. The molecule has 1 amide bonds. The SMILES string of the molecule is CC(NC(=O)Cn1cc(CCCO)nn1)c1cccs1. The van der Waals surface area contributed by atoms with Crippen molar-refractivity contribution in [1.29, 1.82) is 0 Å². The van der Waals surface area contributed by atoms with Crippen LogP contribution in [-0.2, 0) is 17.8 Å². The summed E-state index contributed by atoms with van der Waals surface area (Å²) in [6.07, 6.45) is 3.06. The van der Waals surface area contributed by atoms with Gasteiger partial charge in [0.15, 0.2) is 0 Å². The number of carbonyl (C=O) groups excluding carboxylic acids is 1. The molecule has 0 saturated heterocycles. The van der Waals surface area contributed by atoms with E-state index < -0.39 is 0 Å². The number of amides is 1. The summed E-state index contributed by atoms with van der Waals surface area (Å²) in [5.41, 5.74) is 0.790. The van der Waals surface area contributed by atoms with Gasteiger partial charge in [0.1, 0.15) is 6.54 Å². The van der Waals surface area contributed by atoms with E-state index in [1.165, 1.54) is 4.68 Å². The van der Waals surface area contributed by atoms with E-state index in [2.05, 4.69) is 15.6 Å². The number of nitrogens with one attached hydrogen (secondary N) is 1. The maximum Gasteiger partial charge on any atom is 0.242 e. The van der Waals surface area contributed by atoms with Crippen molar-refractivity contribution >= 4 is 17.2 Å². The molecule has 1 atom stereocenters. The first-order chi connectivity index (χ1) is 9.69. The van der Waals surface area contributed by atoms with Crippen molar-refractivity contribution in [3.8, 4) is 0 Å². The largest absolute Gasteiger partial charge is 0.396 e. The molecule has 0 fully saturated rings. The highest BCUT2D eigenvalue weighted by molar-refractivity contribution is 7.10. The predicted octanol–water partition coefficient (Wildman–Crippen LogP) is 1.14. The molecule has 0 aliphatic heterocycles. The second kappa shape index (κ2) is 7.16. The van der Waals surface area contributed by atoms with E-state index in [0.29, 0.717) is 12.8 Å². The normalized spacial score (nSPS) is 12.3. The minimum absolute atomic E-state index is 0.000110. The molecule has 108 valence electrons. The summed E-state index contributed by atoms with van der Waals surface area (Å²) in [6.45, 7) is 2.24. The summed E-state index contributed by atoms with van der Waals surface area (Å²) < 4.78 is 1.52. The Hall–Kier alpha value is -1.73. The first-order valence-electron chi connectivity index (χ1n) is 6.51. The number of hydrogen-bond acceptors (Lipinski definition) is 5. The Balaban J connectivity index is 1.83. The number of hydrogen-bond donors (Lipinski definition) is 2. The molecule has 0 aliphatic rings. The van der Waals surface area contributed by atoms with Crippen molar-refractivity contribution in [3.63, 3.8) is 0 Å². The van der Waals surface area contributed by atoms with Crippen molar-refractivity contribution in [1.82, 2.24) is 20.3 Å². The van der Waals surface area contributed by atoms with Crippen LogP contribution in [0.1, 0.15) is 30.0 Å². The fraction of sp³-hybridized carbons (Fsp3) is 0.462. The Morgan fingerprint density at radius 1 is 1.60 bits per heavy atom. The molecule has 0 aliphatic carbocycles. The van der Waals surface area contributed by atoms with Crippen LogP contribution in [0, 0.1) is 0 Å². The molecule has 2 aromatic heterocycles. The minimum atomic E-state index is -0.0930. The maximum absolute atomic E-state index is 11.9. The molecule has 6 nitrogen and oxygen atoms in total.